The summed E-state index contributed by atoms with van der Waals surface area (Å²) >= 11 is 0. The third-order valence-corrected chi connectivity index (χ3v) is 5.06. The second-order valence-electron chi connectivity index (χ2n) is 5.89. The van der Waals surface area contributed by atoms with Crippen LogP contribution in [-0.4, -0.2) is 27.2 Å². The van der Waals surface area contributed by atoms with Crippen molar-refractivity contribution < 1.29 is 13.4 Å². The molecule has 0 spiro atoms. The molecule has 0 aliphatic rings. The highest BCUT2D eigenvalue weighted by Crippen LogP contribution is 2.12. The molecule has 2 rings (SSSR count). The molecule has 5 nitrogen and oxygen atoms in total. The molecular weight excluding hydrogens is 302 g/mol. The summed E-state index contributed by atoms with van der Waals surface area (Å²) in [7, 11) is -1.04. The van der Waals surface area contributed by atoms with Gasteiger partial charge in [-0.25, -0.2) is 0 Å². The molecule has 6 heteroatoms. The molecule has 0 radical (unpaired) electrons. The lowest BCUT2D eigenvalue weighted by Gasteiger charge is -2.17. The first-order valence-corrected chi connectivity index (χ1v) is 8.30. The minimum absolute atomic E-state index is 0.0368. The van der Waals surface area contributed by atoms with Crippen molar-refractivity contribution in [3.05, 3.63) is 46.3 Å². The second-order valence-corrected chi connectivity index (χ2v) is 8.21. The first kappa shape index (κ1) is 16.4. The van der Waals surface area contributed by atoms with E-state index in [1.54, 1.807) is 24.3 Å². The monoisotopic (exact) mass is 321 g/mol. The summed E-state index contributed by atoms with van der Waals surface area (Å²) in [5.74, 6) is -0.161. The molecule has 0 saturated carbocycles. The third kappa shape index (κ3) is 3.82. The average Bonchev–Trinajstić information content (AvgIpc) is 2.46. The minimum Gasteiger partial charge on any atom is -0.451 e. The van der Waals surface area contributed by atoms with Crippen LogP contribution in [0.1, 0.15) is 31.3 Å². The summed E-state index contributed by atoms with van der Waals surface area (Å²) in [5, 5.41) is 3.07. The van der Waals surface area contributed by atoms with E-state index in [0.717, 1.165) is 0 Å². The molecule has 1 amide bonds. The van der Waals surface area contributed by atoms with Crippen molar-refractivity contribution in [3.8, 4) is 0 Å². The van der Waals surface area contributed by atoms with E-state index in [4.69, 9.17) is 4.42 Å². The van der Waals surface area contributed by atoms with Gasteiger partial charge in [0.25, 0.3) is 5.91 Å². The first-order chi connectivity index (χ1) is 10.3. The van der Waals surface area contributed by atoms with Gasteiger partial charge in [-0.3, -0.25) is 13.8 Å². The van der Waals surface area contributed by atoms with Crippen LogP contribution in [-0.2, 0) is 10.8 Å². The number of hydrogen-bond donors (Lipinski definition) is 1. The van der Waals surface area contributed by atoms with Crippen LogP contribution in [0.5, 0.6) is 0 Å². The Morgan fingerprint density at radius 2 is 1.95 bits per heavy atom. The summed E-state index contributed by atoms with van der Waals surface area (Å²) in [4.78, 5) is 24.0. The molecule has 0 aliphatic carbocycles. The molecule has 1 unspecified atom stereocenters. The van der Waals surface area contributed by atoms with Crippen LogP contribution >= 0.6 is 0 Å². The van der Waals surface area contributed by atoms with Gasteiger partial charge >= 0.3 is 0 Å². The molecular formula is C16H19NO4S. The molecule has 1 aromatic heterocycles. The lowest BCUT2D eigenvalue weighted by atomic mass is 10.2. The van der Waals surface area contributed by atoms with Gasteiger partial charge in [0, 0.05) is 33.9 Å². The number of carbonyl (C=O) groups is 1. The van der Waals surface area contributed by atoms with Gasteiger partial charge in [-0.05, 0) is 32.9 Å². The maximum atomic E-state index is 12.0. The van der Waals surface area contributed by atoms with E-state index in [0.29, 0.717) is 16.7 Å². The predicted octanol–water partition coefficient (Wildman–Crippen LogP) is 2.07. The van der Waals surface area contributed by atoms with Gasteiger partial charge < -0.3 is 9.73 Å². The van der Waals surface area contributed by atoms with Crippen molar-refractivity contribution >= 4 is 27.7 Å². The van der Waals surface area contributed by atoms with Gasteiger partial charge in [0.1, 0.15) is 5.58 Å². The van der Waals surface area contributed by atoms with Gasteiger partial charge in [0.15, 0.2) is 11.2 Å². The molecule has 1 aromatic carbocycles. The zero-order valence-corrected chi connectivity index (χ0v) is 13.7. The molecule has 1 N–H and O–H groups in total. The van der Waals surface area contributed by atoms with Crippen molar-refractivity contribution in [2.45, 2.75) is 25.5 Å². The largest absolute Gasteiger partial charge is 0.451 e. The van der Waals surface area contributed by atoms with E-state index in [1.165, 1.54) is 6.07 Å². The highest BCUT2D eigenvalue weighted by Gasteiger charge is 2.19. The van der Waals surface area contributed by atoms with Crippen LogP contribution in [0, 0.1) is 0 Å². The van der Waals surface area contributed by atoms with Crippen molar-refractivity contribution in [3.63, 3.8) is 0 Å². The molecule has 118 valence electrons. The van der Waals surface area contributed by atoms with Crippen molar-refractivity contribution in [1.29, 1.82) is 0 Å². The highest BCUT2D eigenvalue weighted by atomic mass is 32.2. The maximum absolute atomic E-state index is 12.0. The number of carbonyl (C=O) groups excluding carboxylic acids is 1. The maximum Gasteiger partial charge on any atom is 0.287 e. The van der Waals surface area contributed by atoms with Crippen molar-refractivity contribution in [1.82, 2.24) is 5.32 Å². The van der Waals surface area contributed by atoms with Gasteiger partial charge in [-0.15, -0.1) is 0 Å². The topological polar surface area (TPSA) is 76.4 Å². The minimum atomic E-state index is -1.04. The van der Waals surface area contributed by atoms with Crippen LogP contribution < -0.4 is 10.7 Å². The van der Waals surface area contributed by atoms with Crippen LogP contribution in [0.25, 0.3) is 11.0 Å². The smallest absolute Gasteiger partial charge is 0.287 e. The van der Waals surface area contributed by atoms with E-state index in [-0.39, 0.29) is 22.5 Å². The SMILES string of the molecule is CC(C)(C)S(=O)CCNC(=O)c1cc(=O)c2ccccc2o1. The Balaban J connectivity index is 2.08. The van der Waals surface area contributed by atoms with Gasteiger partial charge in [0.05, 0.1) is 5.39 Å². The predicted molar refractivity (Wildman–Crippen MR) is 87.6 cm³/mol. The quantitative estimate of drug-likeness (QED) is 0.935. The number of nitrogens with one attached hydrogen (secondary N) is 1. The Labute approximate surface area is 131 Å². The second kappa shape index (κ2) is 6.44. The highest BCUT2D eigenvalue weighted by molar-refractivity contribution is 7.86. The average molecular weight is 321 g/mol. The number of fused-ring (bicyclic) bond motifs is 1. The Morgan fingerprint density at radius 1 is 1.27 bits per heavy atom. The fraction of sp³-hybridized carbons (Fsp3) is 0.375. The lowest BCUT2D eigenvalue weighted by Crippen LogP contribution is -2.33. The van der Waals surface area contributed by atoms with Crippen LogP contribution in [0.15, 0.2) is 39.5 Å². The summed E-state index contributed by atoms with van der Waals surface area (Å²) < 4.78 is 17.0. The van der Waals surface area contributed by atoms with Gasteiger partial charge in [-0.2, -0.15) is 0 Å². The Hall–Kier alpha value is -1.95. The fourth-order valence-electron chi connectivity index (χ4n) is 1.87. The standard InChI is InChI=1S/C16H19NO4S/c1-16(2,3)22(20)9-8-17-15(19)14-10-12(18)11-6-4-5-7-13(11)21-14/h4-7,10H,8-9H2,1-3H3,(H,17,19). The third-order valence-electron chi connectivity index (χ3n) is 3.11. The first-order valence-electron chi connectivity index (χ1n) is 6.98. The lowest BCUT2D eigenvalue weighted by molar-refractivity contribution is 0.0929. The van der Waals surface area contributed by atoms with E-state index >= 15 is 0 Å². The van der Waals surface area contributed by atoms with E-state index in [9.17, 15) is 13.8 Å². The Morgan fingerprint density at radius 3 is 2.64 bits per heavy atom. The molecule has 1 atom stereocenters. The molecule has 2 aromatic rings. The van der Waals surface area contributed by atoms with E-state index in [1.807, 2.05) is 20.8 Å². The molecule has 1 heterocycles. The Kier molecular flexibility index (Phi) is 4.81. The van der Waals surface area contributed by atoms with E-state index in [2.05, 4.69) is 5.32 Å². The fourth-order valence-corrected chi connectivity index (χ4v) is 2.77. The molecule has 0 saturated heterocycles. The zero-order chi connectivity index (χ0) is 16.3. The molecule has 0 aliphatic heterocycles. The number of benzene rings is 1. The van der Waals surface area contributed by atoms with Crippen LogP contribution in [0.2, 0.25) is 0 Å². The summed E-state index contributed by atoms with van der Waals surface area (Å²) in [6.07, 6.45) is 0. The van der Waals surface area contributed by atoms with E-state index < -0.39 is 16.7 Å². The summed E-state index contributed by atoms with van der Waals surface area (Å²) in [6, 6.07) is 7.94. The number of hydrogen-bond acceptors (Lipinski definition) is 4. The summed E-state index contributed by atoms with van der Waals surface area (Å²) in [6.45, 7) is 5.91. The number of rotatable bonds is 4. The van der Waals surface area contributed by atoms with Crippen LogP contribution in [0.3, 0.4) is 0 Å². The van der Waals surface area contributed by atoms with Gasteiger partial charge in [-0.1, -0.05) is 12.1 Å². The van der Waals surface area contributed by atoms with Crippen LogP contribution in [0.4, 0.5) is 0 Å². The van der Waals surface area contributed by atoms with Crippen molar-refractivity contribution in [2.75, 3.05) is 12.3 Å². The number of para-hydroxylation sites is 1. The summed E-state index contributed by atoms with van der Waals surface area (Å²) in [5.41, 5.74) is 0.115. The van der Waals surface area contributed by atoms with Crippen molar-refractivity contribution in [2.24, 2.45) is 0 Å². The molecule has 22 heavy (non-hydrogen) atoms. The zero-order valence-electron chi connectivity index (χ0n) is 12.8. The molecule has 0 fully saturated rings. The Bertz CT molecular complexity index is 774. The van der Waals surface area contributed by atoms with Gasteiger partial charge in [0.2, 0.25) is 0 Å². The number of amides is 1. The normalized spacial score (nSPS) is 13.0. The molecule has 0 bridgehead atoms.